The van der Waals surface area contributed by atoms with Crippen LogP contribution in [0.2, 0.25) is 0 Å². The van der Waals surface area contributed by atoms with Crippen LogP contribution in [-0.2, 0) is 28.7 Å². The lowest BCUT2D eigenvalue weighted by atomic mass is 9.97. The number of para-hydroxylation sites is 4. The molecule has 1 aliphatic rings. The van der Waals surface area contributed by atoms with Crippen molar-refractivity contribution in [2.75, 3.05) is 26.4 Å². The molecule has 4 aromatic carbocycles. The molecule has 0 amide bonds. The Kier molecular flexibility index (Phi) is 14.4. The molecule has 5 rings (SSSR count). The van der Waals surface area contributed by atoms with Crippen LogP contribution in [0.25, 0.3) is 0 Å². The molecule has 0 unspecified atom stereocenters. The van der Waals surface area contributed by atoms with Gasteiger partial charge in [0.1, 0.15) is 11.5 Å². The highest BCUT2D eigenvalue weighted by molar-refractivity contribution is 8.01. The number of fused-ring (bicyclic) bond motifs is 8. The Morgan fingerprint density at radius 2 is 0.696 bits per heavy atom. The van der Waals surface area contributed by atoms with Crippen LogP contribution in [0.4, 0.5) is 0 Å². The molecular formula is C42H44O10S4. The molecule has 0 atom stereocenters. The maximum absolute atomic E-state index is 13.5. The quantitative estimate of drug-likeness (QED) is 0.0979. The van der Waals surface area contributed by atoms with Gasteiger partial charge in [0.05, 0.1) is 63.2 Å². The van der Waals surface area contributed by atoms with Crippen LogP contribution in [0.1, 0.15) is 55.4 Å². The van der Waals surface area contributed by atoms with Gasteiger partial charge in [-0.15, -0.1) is 0 Å². The highest BCUT2D eigenvalue weighted by atomic mass is 32.2. The maximum atomic E-state index is 13.5. The molecule has 0 aliphatic carbocycles. The van der Waals surface area contributed by atoms with Crippen molar-refractivity contribution in [1.29, 1.82) is 0 Å². The predicted octanol–water partition coefficient (Wildman–Crippen LogP) is 10.4. The van der Waals surface area contributed by atoms with E-state index in [-0.39, 0.29) is 26.4 Å². The summed E-state index contributed by atoms with van der Waals surface area (Å²) in [5, 5.41) is 0. The number of benzene rings is 4. The number of carbonyl (C=O) groups excluding carboxylic acids is 4. The molecule has 14 heteroatoms. The average Bonchev–Trinajstić information content (AvgIpc) is 3.12. The third-order valence-corrected chi connectivity index (χ3v) is 11.9. The van der Waals surface area contributed by atoms with Crippen molar-refractivity contribution in [1.82, 2.24) is 0 Å². The van der Waals surface area contributed by atoms with Crippen molar-refractivity contribution < 1.29 is 47.6 Å². The predicted molar refractivity (Wildman–Crippen MR) is 217 cm³/mol. The summed E-state index contributed by atoms with van der Waals surface area (Å²) in [4.78, 5) is 57.2. The van der Waals surface area contributed by atoms with E-state index in [0.717, 1.165) is 0 Å². The normalized spacial score (nSPS) is 12.6. The third kappa shape index (κ3) is 11.0. The van der Waals surface area contributed by atoms with Crippen LogP contribution in [0.15, 0.2) is 112 Å². The van der Waals surface area contributed by atoms with E-state index in [1.807, 2.05) is 72.8 Å². The van der Waals surface area contributed by atoms with Gasteiger partial charge in [-0.25, -0.2) is 9.59 Å². The summed E-state index contributed by atoms with van der Waals surface area (Å²) >= 11 is 5.21. The molecule has 4 aromatic rings. The Balaban J connectivity index is 1.78. The van der Waals surface area contributed by atoms with E-state index < -0.39 is 34.7 Å². The highest BCUT2D eigenvalue weighted by Gasteiger charge is 2.30. The topological polar surface area (TPSA) is 124 Å². The lowest BCUT2D eigenvalue weighted by Gasteiger charge is -2.23. The minimum Gasteiger partial charge on any atom is -0.480 e. The number of hydrogen-bond acceptors (Lipinski definition) is 14. The number of carbonyl (C=O) groups is 4. The first-order chi connectivity index (χ1) is 26.6. The second-order valence-electron chi connectivity index (χ2n) is 14.2. The summed E-state index contributed by atoms with van der Waals surface area (Å²) in [6, 6.07) is 22.2. The molecular weight excluding hydrogens is 793 g/mol. The summed E-state index contributed by atoms with van der Waals surface area (Å²) in [6.45, 7) is 13.8. The molecule has 0 radical (unpaired) electrons. The van der Waals surface area contributed by atoms with E-state index in [2.05, 4.69) is 0 Å². The molecule has 0 aromatic heterocycles. The van der Waals surface area contributed by atoms with Crippen LogP contribution < -0.4 is 18.9 Å². The first-order valence-corrected chi connectivity index (χ1v) is 21.1. The number of esters is 4. The highest BCUT2D eigenvalue weighted by Crippen LogP contribution is 2.53. The summed E-state index contributed by atoms with van der Waals surface area (Å²) < 4.78 is 35.3. The fraction of sp³-hybridized carbons (Fsp3) is 0.333. The summed E-state index contributed by atoms with van der Waals surface area (Å²) in [5.74, 6) is -0.543. The van der Waals surface area contributed by atoms with Gasteiger partial charge in [-0.2, -0.15) is 0 Å². The SMILES string of the molecule is CCOC(=O)COc1c2cccc1Sc1cccc(c1OC(=O)C(C)(C)C)Sc1cccc(c1OC(=O)C(C)(C)C)Sc1cccc(c1OCC(=O)OCC)S2. The molecule has 0 N–H and O–H groups in total. The van der Waals surface area contributed by atoms with Crippen molar-refractivity contribution in [3.63, 3.8) is 0 Å². The second-order valence-corrected chi connectivity index (χ2v) is 18.5. The van der Waals surface area contributed by atoms with E-state index in [9.17, 15) is 19.2 Å². The zero-order valence-corrected chi connectivity index (χ0v) is 35.7. The molecule has 0 fully saturated rings. The molecule has 1 heterocycles. The van der Waals surface area contributed by atoms with E-state index in [1.165, 1.54) is 47.0 Å². The number of rotatable bonds is 10. The zero-order chi connectivity index (χ0) is 40.6. The molecule has 10 nitrogen and oxygen atoms in total. The Morgan fingerprint density at radius 3 is 0.929 bits per heavy atom. The summed E-state index contributed by atoms with van der Waals surface area (Å²) in [7, 11) is 0. The molecule has 0 saturated heterocycles. The standard InChI is InChI=1S/C42H44O10S4/c1-9-47-33(43)23-49-35-25-15-11-17-27(35)54-29-19-13-21-31(37(29)51-39(45)41(3,4)5)56-32-22-14-20-30(38(32)52-40(46)42(6,7)8)55-28-18-12-16-26(53-25)36(28)50-24-34(44)48-10-2/h11-22H,9-10,23-24H2,1-8H3. The lowest BCUT2D eigenvalue weighted by molar-refractivity contribution is -0.146. The second kappa shape index (κ2) is 18.8. The Hall–Kier alpha value is -4.24. The molecule has 296 valence electrons. The van der Waals surface area contributed by atoms with Gasteiger partial charge < -0.3 is 28.4 Å². The van der Waals surface area contributed by atoms with Crippen molar-refractivity contribution in [2.45, 2.75) is 94.6 Å². The van der Waals surface area contributed by atoms with Gasteiger partial charge in [-0.3, -0.25) is 9.59 Å². The summed E-state index contributed by atoms with van der Waals surface area (Å²) in [6.07, 6.45) is 0. The minimum absolute atomic E-state index is 0.192. The molecule has 1 aliphatic heterocycles. The van der Waals surface area contributed by atoms with E-state index in [0.29, 0.717) is 62.2 Å². The van der Waals surface area contributed by atoms with Gasteiger partial charge in [0, 0.05) is 0 Å². The average molecular weight is 837 g/mol. The maximum Gasteiger partial charge on any atom is 0.344 e. The third-order valence-electron chi connectivity index (χ3n) is 7.54. The van der Waals surface area contributed by atoms with Crippen LogP contribution in [0.3, 0.4) is 0 Å². The largest absolute Gasteiger partial charge is 0.480 e. The van der Waals surface area contributed by atoms with Gasteiger partial charge in [0.2, 0.25) is 0 Å². The monoisotopic (exact) mass is 836 g/mol. The Bertz CT molecular complexity index is 1960. The molecule has 56 heavy (non-hydrogen) atoms. The van der Waals surface area contributed by atoms with Gasteiger partial charge >= 0.3 is 23.9 Å². The van der Waals surface area contributed by atoms with E-state index >= 15 is 0 Å². The van der Waals surface area contributed by atoms with Crippen LogP contribution in [0, 0.1) is 10.8 Å². The number of ether oxygens (including phenoxy) is 6. The van der Waals surface area contributed by atoms with Crippen LogP contribution in [0.5, 0.6) is 23.0 Å². The lowest BCUT2D eigenvalue weighted by Crippen LogP contribution is -2.26. The fourth-order valence-corrected chi connectivity index (χ4v) is 9.15. The Morgan fingerprint density at radius 1 is 0.446 bits per heavy atom. The summed E-state index contributed by atoms with van der Waals surface area (Å²) in [5.41, 5.74) is -1.66. The molecule has 0 spiro atoms. The van der Waals surface area contributed by atoms with Crippen molar-refractivity contribution in [3.8, 4) is 23.0 Å². The van der Waals surface area contributed by atoms with Gasteiger partial charge in [-0.05, 0) is 104 Å². The first kappa shape index (κ1) is 42.9. The van der Waals surface area contributed by atoms with Gasteiger partial charge in [0.15, 0.2) is 24.7 Å². The van der Waals surface area contributed by atoms with Crippen LogP contribution >= 0.6 is 47.0 Å². The minimum atomic E-state index is -0.828. The van der Waals surface area contributed by atoms with Gasteiger partial charge in [0.25, 0.3) is 0 Å². The first-order valence-electron chi connectivity index (χ1n) is 17.8. The van der Waals surface area contributed by atoms with Gasteiger partial charge in [-0.1, -0.05) is 71.3 Å². The zero-order valence-electron chi connectivity index (χ0n) is 32.5. The smallest absolute Gasteiger partial charge is 0.344 e. The Labute approximate surface area is 344 Å². The van der Waals surface area contributed by atoms with Crippen molar-refractivity contribution >= 4 is 70.9 Å². The van der Waals surface area contributed by atoms with Crippen LogP contribution in [-0.4, -0.2) is 50.3 Å². The molecule has 8 bridgehead atoms. The van der Waals surface area contributed by atoms with Crippen molar-refractivity contribution in [3.05, 3.63) is 72.8 Å². The van der Waals surface area contributed by atoms with E-state index in [1.54, 1.807) is 55.4 Å². The fourth-order valence-electron chi connectivity index (χ4n) is 4.74. The van der Waals surface area contributed by atoms with E-state index in [4.69, 9.17) is 28.4 Å². The van der Waals surface area contributed by atoms with Crippen molar-refractivity contribution in [2.24, 2.45) is 10.8 Å². The number of hydrogen-bond donors (Lipinski definition) is 0. The molecule has 0 saturated carbocycles.